The van der Waals surface area contributed by atoms with Crippen LogP contribution in [0, 0.1) is 13.8 Å². The molecule has 1 N–H and O–H groups in total. The molecular weight excluding hydrogens is 478 g/mol. The molecule has 0 unspecified atom stereocenters. The summed E-state index contributed by atoms with van der Waals surface area (Å²) in [5.74, 6) is -1.04. The van der Waals surface area contributed by atoms with Gasteiger partial charge in [-0.3, -0.25) is 14.9 Å². The van der Waals surface area contributed by atoms with E-state index < -0.39 is 11.8 Å². The fourth-order valence-electron chi connectivity index (χ4n) is 4.14. The summed E-state index contributed by atoms with van der Waals surface area (Å²) < 4.78 is 12.4. The summed E-state index contributed by atoms with van der Waals surface area (Å²) >= 11 is 5.30. The van der Waals surface area contributed by atoms with Gasteiger partial charge in [-0.1, -0.05) is 12.1 Å². The average Bonchev–Trinajstić information content (AvgIpc) is 3.14. The Hall–Kier alpha value is -4.24. The third kappa shape index (κ3) is 4.52. The van der Waals surface area contributed by atoms with Crippen LogP contribution in [0.5, 0.6) is 5.75 Å². The van der Waals surface area contributed by atoms with Crippen molar-refractivity contribution < 1.29 is 23.9 Å². The second-order valence-corrected chi connectivity index (χ2v) is 8.45. The first-order chi connectivity index (χ1) is 17.3. The SMILES string of the molecule is CCOC(=O)c1ccc(-n2c(C)cc(/C=C3\C(=O)NC(=S)N(c4ccccc4OC)C3=O)c2C)cc1. The highest BCUT2D eigenvalue weighted by molar-refractivity contribution is 7.80. The van der Waals surface area contributed by atoms with E-state index in [9.17, 15) is 14.4 Å². The lowest BCUT2D eigenvalue weighted by Crippen LogP contribution is -2.54. The van der Waals surface area contributed by atoms with Crippen molar-refractivity contribution in [2.45, 2.75) is 20.8 Å². The van der Waals surface area contributed by atoms with Crippen LogP contribution in [0.4, 0.5) is 5.69 Å². The summed E-state index contributed by atoms with van der Waals surface area (Å²) in [6.07, 6.45) is 1.56. The van der Waals surface area contributed by atoms with Gasteiger partial charge < -0.3 is 14.0 Å². The van der Waals surface area contributed by atoms with Crippen molar-refractivity contribution in [3.05, 3.63) is 82.7 Å². The lowest BCUT2D eigenvalue weighted by Gasteiger charge is -2.29. The van der Waals surface area contributed by atoms with Crippen LogP contribution in [0.15, 0.2) is 60.2 Å². The van der Waals surface area contributed by atoms with Gasteiger partial charge in [0, 0.05) is 17.1 Å². The number of benzene rings is 2. The molecule has 1 aromatic heterocycles. The topological polar surface area (TPSA) is 89.9 Å². The van der Waals surface area contributed by atoms with Gasteiger partial charge in [-0.05, 0) is 87.1 Å². The molecule has 2 amide bonds. The molecule has 2 aromatic carbocycles. The molecule has 1 aliphatic rings. The van der Waals surface area contributed by atoms with Crippen molar-refractivity contribution in [2.75, 3.05) is 18.6 Å². The number of esters is 1. The van der Waals surface area contributed by atoms with Gasteiger partial charge in [0.15, 0.2) is 5.11 Å². The third-order valence-corrected chi connectivity index (χ3v) is 6.12. The number of ether oxygens (including phenoxy) is 2. The van der Waals surface area contributed by atoms with E-state index in [0.717, 1.165) is 17.1 Å². The highest BCUT2D eigenvalue weighted by Crippen LogP contribution is 2.31. The number of carbonyl (C=O) groups excluding carboxylic acids is 3. The number of hydrogen-bond acceptors (Lipinski definition) is 6. The van der Waals surface area contributed by atoms with Crippen molar-refractivity contribution in [2.24, 2.45) is 0 Å². The number of carbonyl (C=O) groups is 3. The van der Waals surface area contributed by atoms with Crippen molar-refractivity contribution >= 4 is 46.9 Å². The Balaban J connectivity index is 1.71. The first-order valence-electron chi connectivity index (χ1n) is 11.3. The predicted octanol–water partition coefficient (Wildman–Crippen LogP) is 4.11. The zero-order valence-corrected chi connectivity index (χ0v) is 21.1. The molecule has 1 fully saturated rings. The number of hydrogen-bond donors (Lipinski definition) is 1. The molecule has 0 atom stereocenters. The van der Waals surface area contributed by atoms with Crippen molar-refractivity contribution in [3.63, 3.8) is 0 Å². The number of thiocarbonyl (C=S) groups is 1. The quantitative estimate of drug-likeness (QED) is 0.236. The molecule has 1 aliphatic heterocycles. The molecule has 8 nitrogen and oxygen atoms in total. The smallest absolute Gasteiger partial charge is 0.338 e. The molecule has 3 aromatic rings. The van der Waals surface area contributed by atoms with Crippen LogP contribution in [-0.2, 0) is 14.3 Å². The highest BCUT2D eigenvalue weighted by atomic mass is 32.1. The van der Waals surface area contributed by atoms with Crippen LogP contribution in [0.2, 0.25) is 0 Å². The van der Waals surface area contributed by atoms with Gasteiger partial charge in [0.2, 0.25) is 0 Å². The zero-order chi connectivity index (χ0) is 26.0. The molecule has 36 heavy (non-hydrogen) atoms. The summed E-state index contributed by atoms with van der Waals surface area (Å²) in [5.41, 5.74) is 4.10. The summed E-state index contributed by atoms with van der Waals surface area (Å²) in [5, 5.41) is 2.59. The van der Waals surface area contributed by atoms with E-state index in [1.807, 2.05) is 36.6 Å². The molecule has 184 valence electrons. The minimum Gasteiger partial charge on any atom is -0.495 e. The Bertz CT molecular complexity index is 1410. The number of para-hydroxylation sites is 2. The van der Waals surface area contributed by atoms with Gasteiger partial charge in [-0.15, -0.1) is 0 Å². The van der Waals surface area contributed by atoms with Gasteiger partial charge in [0.05, 0.1) is 25.0 Å². The fourth-order valence-corrected chi connectivity index (χ4v) is 4.41. The van der Waals surface area contributed by atoms with Gasteiger partial charge in [0.25, 0.3) is 11.8 Å². The second-order valence-electron chi connectivity index (χ2n) is 8.06. The summed E-state index contributed by atoms with van der Waals surface area (Å²) in [4.78, 5) is 39.5. The Morgan fingerprint density at radius 2 is 1.78 bits per heavy atom. The Morgan fingerprint density at radius 1 is 1.08 bits per heavy atom. The number of methoxy groups -OCH3 is 1. The van der Waals surface area contributed by atoms with Crippen LogP contribution in [-0.4, -0.2) is 41.2 Å². The van der Waals surface area contributed by atoms with E-state index in [1.165, 1.54) is 12.0 Å². The maximum Gasteiger partial charge on any atom is 0.338 e. The van der Waals surface area contributed by atoms with Crippen molar-refractivity contribution in [3.8, 4) is 11.4 Å². The number of rotatable bonds is 6. The maximum atomic E-state index is 13.5. The van der Waals surface area contributed by atoms with E-state index in [1.54, 1.807) is 49.4 Å². The molecule has 0 saturated carbocycles. The largest absolute Gasteiger partial charge is 0.495 e. The molecule has 4 rings (SSSR count). The molecule has 2 heterocycles. The van der Waals surface area contributed by atoms with Crippen LogP contribution < -0.4 is 15.0 Å². The van der Waals surface area contributed by atoms with Gasteiger partial charge >= 0.3 is 5.97 Å². The summed E-state index contributed by atoms with van der Waals surface area (Å²) in [6, 6.07) is 15.9. The number of anilines is 1. The molecular formula is C27H25N3O5S. The van der Waals surface area contributed by atoms with Crippen LogP contribution >= 0.6 is 12.2 Å². The monoisotopic (exact) mass is 503 g/mol. The van der Waals surface area contributed by atoms with E-state index in [0.29, 0.717) is 29.2 Å². The zero-order valence-electron chi connectivity index (χ0n) is 20.3. The Morgan fingerprint density at radius 3 is 2.44 bits per heavy atom. The summed E-state index contributed by atoms with van der Waals surface area (Å²) in [6.45, 7) is 5.88. The molecule has 0 bridgehead atoms. The fraction of sp³-hybridized carbons (Fsp3) is 0.185. The number of nitrogens with one attached hydrogen (secondary N) is 1. The second kappa shape index (κ2) is 10.2. The Kier molecular flexibility index (Phi) is 7.03. The lowest BCUT2D eigenvalue weighted by molar-refractivity contribution is -0.122. The first kappa shape index (κ1) is 24.9. The summed E-state index contributed by atoms with van der Waals surface area (Å²) in [7, 11) is 1.50. The molecule has 0 aliphatic carbocycles. The average molecular weight is 504 g/mol. The molecule has 9 heteroatoms. The molecule has 0 radical (unpaired) electrons. The highest BCUT2D eigenvalue weighted by Gasteiger charge is 2.36. The van der Waals surface area contributed by atoms with Crippen molar-refractivity contribution in [1.29, 1.82) is 0 Å². The minimum atomic E-state index is -0.570. The third-order valence-electron chi connectivity index (χ3n) is 5.83. The first-order valence-corrected chi connectivity index (χ1v) is 11.7. The van der Waals surface area contributed by atoms with E-state index in [4.69, 9.17) is 21.7 Å². The number of aryl methyl sites for hydroxylation is 1. The minimum absolute atomic E-state index is 0.0150. The normalized spacial score (nSPS) is 14.7. The van der Waals surface area contributed by atoms with Crippen LogP contribution in [0.1, 0.15) is 34.2 Å². The van der Waals surface area contributed by atoms with Gasteiger partial charge in [0.1, 0.15) is 11.3 Å². The van der Waals surface area contributed by atoms with E-state index >= 15 is 0 Å². The number of nitrogens with zero attached hydrogens (tertiary/aromatic N) is 2. The van der Waals surface area contributed by atoms with E-state index in [-0.39, 0.29) is 16.7 Å². The number of aromatic nitrogens is 1. The number of amides is 2. The molecule has 1 saturated heterocycles. The maximum absolute atomic E-state index is 13.5. The van der Waals surface area contributed by atoms with Crippen LogP contribution in [0.3, 0.4) is 0 Å². The lowest BCUT2D eigenvalue weighted by atomic mass is 10.1. The predicted molar refractivity (Wildman–Crippen MR) is 140 cm³/mol. The van der Waals surface area contributed by atoms with E-state index in [2.05, 4.69) is 5.32 Å². The van der Waals surface area contributed by atoms with Gasteiger partial charge in [-0.2, -0.15) is 0 Å². The molecule has 0 spiro atoms. The van der Waals surface area contributed by atoms with Crippen LogP contribution in [0.25, 0.3) is 11.8 Å². The standard InChI is InChI=1S/C27H25N3O5S/c1-5-35-26(33)18-10-12-20(13-11-18)29-16(2)14-19(17(29)3)15-21-24(31)28-27(36)30(25(21)32)22-8-6-7-9-23(22)34-4/h6-15H,5H2,1-4H3,(H,28,31,36)/b21-15+. The Labute approximate surface area is 214 Å². The van der Waals surface area contributed by atoms with Gasteiger partial charge in [-0.25, -0.2) is 9.69 Å². The van der Waals surface area contributed by atoms with Crippen molar-refractivity contribution in [1.82, 2.24) is 9.88 Å².